The van der Waals surface area contributed by atoms with Gasteiger partial charge in [0.05, 0.1) is 0 Å². The van der Waals surface area contributed by atoms with E-state index in [1.54, 1.807) is 0 Å². The second-order valence-corrected chi connectivity index (χ2v) is 25.6. The van der Waals surface area contributed by atoms with Crippen molar-refractivity contribution in [3.05, 3.63) is 0 Å². The molecule has 6 heteroatoms. The molecule has 1 atom stereocenters. The van der Waals surface area contributed by atoms with Crippen LogP contribution in [0, 0.1) is 17.8 Å². The van der Waals surface area contributed by atoms with E-state index in [0.717, 1.165) is 75.5 Å². The molecule has 0 aromatic rings. The summed E-state index contributed by atoms with van der Waals surface area (Å²) in [5.41, 5.74) is 0. The minimum absolute atomic E-state index is 0.0619. The molecule has 0 heterocycles. The predicted octanol–water partition coefficient (Wildman–Crippen LogP) is 23.4. The van der Waals surface area contributed by atoms with Gasteiger partial charge >= 0.3 is 17.9 Å². The molecular formula is C70H136O6. The highest BCUT2D eigenvalue weighted by atomic mass is 16.6. The lowest BCUT2D eigenvalue weighted by Gasteiger charge is -2.18. The summed E-state index contributed by atoms with van der Waals surface area (Å²) >= 11 is 0. The maximum atomic E-state index is 13.0. The molecule has 0 rings (SSSR count). The average molecular weight is 1070 g/mol. The maximum Gasteiger partial charge on any atom is 0.306 e. The van der Waals surface area contributed by atoms with Crippen molar-refractivity contribution in [2.45, 2.75) is 401 Å². The van der Waals surface area contributed by atoms with Gasteiger partial charge in [0, 0.05) is 19.3 Å². The third-order valence-electron chi connectivity index (χ3n) is 16.1. The largest absolute Gasteiger partial charge is 0.462 e. The molecule has 0 fully saturated rings. The molecule has 0 aliphatic rings. The normalized spacial score (nSPS) is 12.1. The van der Waals surface area contributed by atoms with Crippen molar-refractivity contribution < 1.29 is 28.6 Å². The number of carbonyl (C=O) groups is 3. The molecule has 0 bridgehead atoms. The monoisotopic (exact) mass is 1070 g/mol. The Morgan fingerprint density at radius 3 is 0.566 bits per heavy atom. The molecule has 6 nitrogen and oxygen atoms in total. The van der Waals surface area contributed by atoms with E-state index in [2.05, 4.69) is 41.5 Å². The van der Waals surface area contributed by atoms with Gasteiger partial charge in [0.2, 0.25) is 0 Å². The highest BCUT2D eigenvalue weighted by molar-refractivity contribution is 5.71. The molecular weight excluding hydrogens is 937 g/mol. The first-order valence-electron chi connectivity index (χ1n) is 34.6. The van der Waals surface area contributed by atoms with Crippen LogP contribution in [0.25, 0.3) is 0 Å². The molecule has 0 spiro atoms. The topological polar surface area (TPSA) is 78.9 Å². The highest BCUT2D eigenvalue weighted by Crippen LogP contribution is 2.20. The lowest BCUT2D eigenvalue weighted by molar-refractivity contribution is -0.167. The first-order valence-corrected chi connectivity index (χ1v) is 34.6. The van der Waals surface area contributed by atoms with Crippen molar-refractivity contribution in [1.29, 1.82) is 0 Å². The van der Waals surface area contributed by atoms with Gasteiger partial charge in [-0.1, -0.05) is 356 Å². The molecule has 0 aromatic heterocycles. The van der Waals surface area contributed by atoms with Gasteiger partial charge in [-0.15, -0.1) is 0 Å². The summed E-state index contributed by atoms with van der Waals surface area (Å²) in [5, 5.41) is 0. The number of esters is 3. The number of rotatable bonds is 63. The molecule has 0 amide bonds. The van der Waals surface area contributed by atoms with Crippen LogP contribution < -0.4 is 0 Å². The molecule has 0 radical (unpaired) electrons. The lowest BCUT2D eigenvalue weighted by atomic mass is 10.0. The molecule has 0 unspecified atom stereocenters. The number of ether oxygens (including phenoxy) is 3. The zero-order valence-electron chi connectivity index (χ0n) is 52.6. The van der Waals surface area contributed by atoms with Gasteiger partial charge in [-0.05, 0) is 37.0 Å². The van der Waals surface area contributed by atoms with E-state index in [1.165, 1.54) is 276 Å². The summed E-state index contributed by atoms with van der Waals surface area (Å²) in [7, 11) is 0. The first kappa shape index (κ1) is 74.4. The second kappa shape index (κ2) is 61.0. The summed E-state index contributed by atoms with van der Waals surface area (Å²) in [6.45, 7) is 13.8. The van der Waals surface area contributed by atoms with Gasteiger partial charge in [0.15, 0.2) is 6.10 Å². The van der Waals surface area contributed by atoms with E-state index in [1.807, 2.05) is 0 Å². The smallest absolute Gasteiger partial charge is 0.306 e. The van der Waals surface area contributed by atoms with E-state index < -0.39 is 6.10 Å². The van der Waals surface area contributed by atoms with Crippen molar-refractivity contribution in [3.8, 4) is 0 Å². The Labute approximate surface area is 476 Å². The van der Waals surface area contributed by atoms with Gasteiger partial charge in [-0.2, -0.15) is 0 Å². The van der Waals surface area contributed by atoms with Crippen LogP contribution in [-0.2, 0) is 28.6 Å². The molecule has 452 valence electrons. The van der Waals surface area contributed by atoms with Gasteiger partial charge in [-0.3, -0.25) is 14.4 Å². The Bertz CT molecular complexity index is 1180. The lowest BCUT2D eigenvalue weighted by Crippen LogP contribution is -2.30. The summed E-state index contributed by atoms with van der Waals surface area (Å²) in [6.07, 6.45) is 68.3. The number of hydrogen-bond acceptors (Lipinski definition) is 6. The zero-order chi connectivity index (χ0) is 55.5. The molecule has 0 aliphatic carbocycles. The van der Waals surface area contributed by atoms with Gasteiger partial charge in [0.1, 0.15) is 13.2 Å². The van der Waals surface area contributed by atoms with E-state index in [0.29, 0.717) is 19.3 Å². The fourth-order valence-electron chi connectivity index (χ4n) is 10.9. The van der Waals surface area contributed by atoms with Crippen LogP contribution in [0.1, 0.15) is 395 Å². The minimum atomic E-state index is -0.765. The van der Waals surface area contributed by atoms with Crippen LogP contribution in [0.5, 0.6) is 0 Å². The van der Waals surface area contributed by atoms with Gasteiger partial charge in [0.25, 0.3) is 0 Å². The fraction of sp³-hybridized carbons (Fsp3) is 0.957. The Balaban J connectivity index is 4.27. The minimum Gasteiger partial charge on any atom is -0.462 e. The van der Waals surface area contributed by atoms with Crippen LogP contribution in [0.4, 0.5) is 0 Å². The van der Waals surface area contributed by atoms with E-state index in [9.17, 15) is 14.4 Å². The molecule has 76 heavy (non-hydrogen) atoms. The third kappa shape index (κ3) is 63.2. The van der Waals surface area contributed by atoms with E-state index >= 15 is 0 Å². The van der Waals surface area contributed by atoms with Crippen LogP contribution in [0.3, 0.4) is 0 Å². The van der Waals surface area contributed by atoms with Crippen LogP contribution >= 0.6 is 0 Å². The Kier molecular flexibility index (Phi) is 59.8. The van der Waals surface area contributed by atoms with Crippen molar-refractivity contribution >= 4 is 17.9 Å². The Hall–Kier alpha value is -1.59. The molecule has 0 saturated heterocycles. The van der Waals surface area contributed by atoms with E-state index in [-0.39, 0.29) is 31.1 Å². The first-order chi connectivity index (χ1) is 37.1. The third-order valence-corrected chi connectivity index (χ3v) is 16.1. The van der Waals surface area contributed by atoms with Crippen molar-refractivity contribution in [2.24, 2.45) is 17.8 Å². The summed E-state index contributed by atoms with van der Waals surface area (Å²) < 4.78 is 17.0. The predicted molar refractivity (Wildman–Crippen MR) is 330 cm³/mol. The maximum absolute atomic E-state index is 13.0. The van der Waals surface area contributed by atoms with E-state index in [4.69, 9.17) is 14.2 Å². The van der Waals surface area contributed by atoms with Crippen molar-refractivity contribution in [3.63, 3.8) is 0 Å². The SMILES string of the molecule is CC(C)CCCCCCCCCCCCCCCCCCCCC(=O)OC[C@H](COC(=O)CCCCCCCCCCCCCCCC(C)C)OC(=O)CCCCCCCCCCCCCCCCCCCCC(C)C. The van der Waals surface area contributed by atoms with Crippen LogP contribution in [-0.4, -0.2) is 37.2 Å². The standard InChI is InChI=1S/C70H136O6/c1-64(2)56-50-44-38-32-26-20-15-11-7-9-13-17-23-29-35-41-47-53-59-68(71)74-62-67(63-75-69(72)60-54-48-42-36-30-25-19-22-28-34-40-46-52-58-66(5)6)76-70(73)61-55-49-43-37-31-24-18-14-10-8-12-16-21-27-33-39-45-51-57-65(3)4/h64-67H,7-63H2,1-6H3/t67-/m1/s1. The zero-order valence-corrected chi connectivity index (χ0v) is 52.6. The number of unbranched alkanes of at least 4 members (excludes halogenated alkanes) is 46. The van der Waals surface area contributed by atoms with Gasteiger partial charge in [-0.25, -0.2) is 0 Å². The molecule has 0 aliphatic heterocycles. The summed E-state index contributed by atoms with van der Waals surface area (Å²) in [6, 6.07) is 0. The molecule has 0 saturated carbocycles. The Morgan fingerprint density at radius 1 is 0.224 bits per heavy atom. The highest BCUT2D eigenvalue weighted by Gasteiger charge is 2.20. The summed E-state index contributed by atoms with van der Waals surface area (Å²) in [4.78, 5) is 38.4. The summed E-state index contributed by atoms with van der Waals surface area (Å²) in [5.74, 6) is 1.73. The van der Waals surface area contributed by atoms with Gasteiger partial charge < -0.3 is 14.2 Å². The van der Waals surface area contributed by atoms with Crippen molar-refractivity contribution in [2.75, 3.05) is 13.2 Å². The number of carbonyl (C=O) groups excluding carboxylic acids is 3. The molecule has 0 aromatic carbocycles. The number of hydrogen-bond donors (Lipinski definition) is 0. The van der Waals surface area contributed by atoms with Crippen LogP contribution in [0.2, 0.25) is 0 Å². The van der Waals surface area contributed by atoms with Crippen molar-refractivity contribution in [1.82, 2.24) is 0 Å². The second-order valence-electron chi connectivity index (χ2n) is 25.6. The van der Waals surface area contributed by atoms with Crippen LogP contribution in [0.15, 0.2) is 0 Å². The molecule has 0 N–H and O–H groups in total. The Morgan fingerprint density at radius 2 is 0.382 bits per heavy atom. The fourth-order valence-corrected chi connectivity index (χ4v) is 10.9. The average Bonchev–Trinajstić information content (AvgIpc) is 3.39. The quantitative estimate of drug-likeness (QED) is 0.0343.